The molecule has 0 spiro atoms. The van der Waals surface area contributed by atoms with Crippen LogP contribution in [0.15, 0.2) is 18.2 Å². The fourth-order valence-corrected chi connectivity index (χ4v) is 3.87. The van der Waals surface area contributed by atoms with Crippen LogP contribution in [0.5, 0.6) is 5.75 Å². The third-order valence-corrected chi connectivity index (χ3v) is 5.10. The number of hydrogen-bond acceptors (Lipinski definition) is 4. The Morgan fingerprint density at radius 1 is 1.29 bits per heavy atom. The van der Waals surface area contributed by atoms with Crippen LogP contribution in [0, 0.1) is 0 Å². The summed E-state index contributed by atoms with van der Waals surface area (Å²) in [6.45, 7) is 1.83. The van der Waals surface area contributed by atoms with Crippen LogP contribution in [-0.4, -0.2) is 49.8 Å². The minimum atomic E-state index is -0.294. The van der Waals surface area contributed by atoms with Gasteiger partial charge in [0.1, 0.15) is 5.75 Å². The zero-order chi connectivity index (χ0) is 16.7. The van der Waals surface area contributed by atoms with Gasteiger partial charge in [0.15, 0.2) is 0 Å². The Morgan fingerprint density at radius 3 is 3.04 bits per heavy atom. The molecule has 128 valence electrons. The topological polar surface area (TPSA) is 91.5 Å². The number of ether oxygens (including phenoxy) is 1. The molecule has 3 aliphatic rings. The highest BCUT2D eigenvalue weighted by Gasteiger charge is 2.41. The summed E-state index contributed by atoms with van der Waals surface area (Å²) in [7, 11) is 0. The molecular weight excluding hydrogens is 332 g/mol. The average Bonchev–Trinajstić information content (AvgIpc) is 2.95. The number of benzene rings is 1. The Kier molecular flexibility index (Phi) is 3.97. The molecule has 7 nitrogen and oxygen atoms in total. The molecular formula is C16H19ClN4O3. The third-order valence-electron chi connectivity index (χ3n) is 4.87. The Hall–Kier alpha value is -1.99. The minimum absolute atomic E-state index is 0.00651. The van der Waals surface area contributed by atoms with Crippen LogP contribution in [-0.2, 0) is 4.79 Å². The first kappa shape index (κ1) is 15.5. The lowest BCUT2D eigenvalue weighted by Gasteiger charge is -2.35. The molecule has 1 aromatic carbocycles. The highest BCUT2D eigenvalue weighted by Crippen LogP contribution is 2.35. The van der Waals surface area contributed by atoms with Crippen molar-refractivity contribution in [1.29, 1.82) is 0 Å². The summed E-state index contributed by atoms with van der Waals surface area (Å²) in [6, 6.07) is 4.92. The molecule has 0 saturated carbocycles. The van der Waals surface area contributed by atoms with Crippen LogP contribution in [0.4, 0.5) is 4.79 Å². The predicted molar refractivity (Wildman–Crippen MR) is 88.3 cm³/mol. The Bertz CT molecular complexity index is 683. The zero-order valence-electron chi connectivity index (χ0n) is 13.0. The molecule has 3 amide bonds. The van der Waals surface area contributed by atoms with Crippen molar-refractivity contribution >= 4 is 23.5 Å². The van der Waals surface area contributed by atoms with Crippen LogP contribution in [0.2, 0.25) is 5.02 Å². The van der Waals surface area contributed by atoms with Gasteiger partial charge in [0.2, 0.25) is 5.91 Å². The van der Waals surface area contributed by atoms with Crippen molar-refractivity contribution in [2.75, 3.05) is 19.7 Å². The summed E-state index contributed by atoms with van der Waals surface area (Å²) in [6.07, 6.45) is 0.609. The van der Waals surface area contributed by atoms with Gasteiger partial charge in [-0.15, -0.1) is 0 Å². The van der Waals surface area contributed by atoms with E-state index in [2.05, 4.69) is 21.3 Å². The lowest BCUT2D eigenvalue weighted by Crippen LogP contribution is -2.63. The highest BCUT2D eigenvalue weighted by atomic mass is 35.5. The van der Waals surface area contributed by atoms with Gasteiger partial charge in [-0.1, -0.05) is 11.6 Å². The summed E-state index contributed by atoms with van der Waals surface area (Å²) >= 11 is 6.07. The van der Waals surface area contributed by atoms with Crippen LogP contribution >= 0.6 is 11.6 Å². The number of carbonyl (C=O) groups excluding carboxylic acids is 2. The average molecular weight is 351 g/mol. The molecule has 2 saturated heterocycles. The molecule has 8 heteroatoms. The van der Waals surface area contributed by atoms with Gasteiger partial charge >= 0.3 is 6.03 Å². The van der Waals surface area contributed by atoms with E-state index in [0.29, 0.717) is 36.9 Å². The maximum Gasteiger partial charge on any atom is 0.315 e. The normalized spacial score (nSPS) is 31.1. The number of rotatable bonds is 2. The van der Waals surface area contributed by atoms with Gasteiger partial charge in [-0.25, -0.2) is 4.79 Å². The monoisotopic (exact) mass is 350 g/mol. The van der Waals surface area contributed by atoms with Crippen molar-refractivity contribution in [2.24, 2.45) is 0 Å². The molecule has 3 heterocycles. The first-order valence-corrected chi connectivity index (χ1v) is 8.50. The molecule has 4 N–H and O–H groups in total. The van der Waals surface area contributed by atoms with E-state index in [1.807, 2.05) is 0 Å². The number of hydrogen-bond donors (Lipinski definition) is 4. The Balaban J connectivity index is 1.51. The molecule has 2 fully saturated rings. The number of piperidine rings is 1. The Morgan fingerprint density at radius 2 is 2.17 bits per heavy atom. The number of carbonyl (C=O) groups is 2. The van der Waals surface area contributed by atoms with Crippen molar-refractivity contribution in [3.05, 3.63) is 28.8 Å². The van der Waals surface area contributed by atoms with Gasteiger partial charge in [0.05, 0.1) is 30.7 Å². The minimum Gasteiger partial charge on any atom is -0.493 e. The first-order chi connectivity index (χ1) is 11.6. The number of fused-ring (bicyclic) bond motifs is 2. The molecule has 4 atom stereocenters. The molecule has 0 aliphatic carbocycles. The van der Waals surface area contributed by atoms with Gasteiger partial charge < -0.3 is 26.0 Å². The van der Waals surface area contributed by atoms with E-state index in [9.17, 15) is 9.59 Å². The second-order valence-corrected chi connectivity index (χ2v) is 6.83. The predicted octanol–water partition coefficient (Wildman–Crippen LogP) is 0.344. The van der Waals surface area contributed by atoms with Crippen molar-refractivity contribution in [3.8, 4) is 5.75 Å². The summed E-state index contributed by atoms with van der Waals surface area (Å²) < 4.78 is 5.61. The van der Waals surface area contributed by atoms with Crippen LogP contribution < -0.4 is 26.0 Å². The molecule has 4 unspecified atom stereocenters. The van der Waals surface area contributed by atoms with E-state index in [-0.39, 0.29) is 36.0 Å². The quantitative estimate of drug-likeness (QED) is 0.619. The maximum atomic E-state index is 12.8. The summed E-state index contributed by atoms with van der Waals surface area (Å²) in [5.41, 5.74) is 0.820. The van der Waals surface area contributed by atoms with E-state index in [4.69, 9.17) is 16.3 Å². The SMILES string of the molecule is O=C1NC2CNCC(NC(=O)C3CCOc4ccc(Cl)cc43)C2N1. The first-order valence-electron chi connectivity index (χ1n) is 8.12. The Labute approximate surface area is 144 Å². The van der Waals surface area contributed by atoms with Crippen molar-refractivity contribution in [2.45, 2.75) is 30.5 Å². The van der Waals surface area contributed by atoms with Crippen molar-refractivity contribution in [1.82, 2.24) is 21.3 Å². The number of halogens is 1. The number of amides is 3. The smallest absolute Gasteiger partial charge is 0.315 e. The molecule has 24 heavy (non-hydrogen) atoms. The van der Waals surface area contributed by atoms with E-state index in [1.165, 1.54) is 0 Å². The highest BCUT2D eigenvalue weighted by molar-refractivity contribution is 6.30. The van der Waals surface area contributed by atoms with Crippen LogP contribution in [0.3, 0.4) is 0 Å². The summed E-state index contributed by atoms with van der Waals surface area (Å²) in [5, 5.41) is 12.7. The van der Waals surface area contributed by atoms with E-state index in [1.54, 1.807) is 18.2 Å². The van der Waals surface area contributed by atoms with E-state index < -0.39 is 0 Å². The zero-order valence-corrected chi connectivity index (χ0v) is 13.7. The van der Waals surface area contributed by atoms with E-state index >= 15 is 0 Å². The van der Waals surface area contributed by atoms with Gasteiger partial charge in [0.25, 0.3) is 0 Å². The largest absolute Gasteiger partial charge is 0.493 e. The lowest BCUT2D eigenvalue weighted by atomic mass is 9.90. The fraction of sp³-hybridized carbons (Fsp3) is 0.500. The van der Waals surface area contributed by atoms with Crippen molar-refractivity contribution < 1.29 is 14.3 Å². The number of urea groups is 1. The van der Waals surface area contributed by atoms with Crippen LogP contribution in [0.25, 0.3) is 0 Å². The van der Waals surface area contributed by atoms with Gasteiger partial charge in [-0.05, 0) is 24.6 Å². The van der Waals surface area contributed by atoms with Crippen LogP contribution in [0.1, 0.15) is 17.9 Å². The second kappa shape index (κ2) is 6.14. The second-order valence-electron chi connectivity index (χ2n) is 6.40. The maximum absolute atomic E-state index is 12.8. The third kappa shape index (κ3) is 2.78. The van der Waals surface area contributed by atoms with Gasteiger partial charge in [0, 0.05) is 23.7 Å². The molecule has 0 bridgehead atoms. The van der Waals surface area contributed by atoms with Gasteiger partial charge in [-0.2, -0.15) is 0 Å². The molecule has 3 aliphatic heterocycles. The molecule has 4 rings (SSSR count). The summed E-state index contributed by atoms with van der Waals surface area (Å²) in [4.78, 5) is 24.4. The molecule has 0 aromatic heterocycles. The lowest BCUT2D eigenvalue weighted by molar-refractivity contribution is -0.124. The molecule has 0 radical (unpaired) electrons. The van der Waals surface area contributed by atoms with Crippen molar-refractivity contribution in [3.63, 3.8) is 0 Å². The molecule has 1 aromatic rings. The fourth-order valence-electron chi connectivity index (χ4n) is 3.69. The standard InChI is InChI=1S/C16H19ClN4O3/c17-8-1-2-13-10(5-8)9(3-4-24-13)15(22)19-11-6-18-7-12-14(11)21-16(23)20-12/h1-2,5,9,11-12,14,18H,3-4,6-7H2,(H,19,22)(H2,20,21,23). The van der Waals surface area contributed by atoms with E-state index in [0.717, 1.165) is 5.56 Å². The summed E-state index contributed by atoms with van der Waals surface area (Å²) in [5.74, 6) is 0.356. The number of nitrogens with one attached hydrogen (secondary N) is 4. The van der Waals surface area contributed by atoms with Gasteiger partial charge in [-0.3, -0.25) is 4.79 Å².